The van der Waals surface area contributed by atoms with Crippen molar-refractivity contribution in [2.75, 3.05) is 0 Å². The molecule has 2 aromatic carbocycles. The predicted molar refractivity (Wildman–Crippen MR) is 117 cm³/mol. The standard InChI is InChI=1S/C24H18BrNO5/c25-23-18(2-1-11-26-23)31-24(29)17-12-19-20(13-3-7-15(27)8-4-13)21(22(17)30-19)14-5-9-16(28)10-6-14/h1-11,17,19,22,27-28H,12H2. The van der Waals surface area contributed by atoms with Crippen LogP contribution in [-0.2, 0) is 9.53 Å². The number of pyridine rings is 1. The second kappa shape index (κ2) is 7.83. The molecule has 3 unspecified atom stereocenters. The lowest BCUT2D eigenvalue weighted by Gasteiger charge is -2.24. The number of carbonyl (C=O) groups is 1. The lowest BCUT2D eigenvalue weighted by atomic mass is 9.78. The number of benzene rings is 2. The summed E-state index contributed by atoms with van der Waals surface area (Å²) in [5.41, 5.74) is 3.68. The summed E-state index contributed by atoms with van der Waals surface area (Å²) in [5.74, 6) is -0.131. The molecule has 2 aliphatic rings. The molecule has 6 nitrogen and oxygen atoms in total. The van der Waals surface area contributed by atoms with Crippen LogP contribution in [0.3, 0.4) is 0 Å². The van der Waals surface area contributed by atoms with Crippen LogP contribution in [-0.4, -0.2) is 33.4 Å². The van der Waals surface area contributed by atoms with E-state index in [0.717, 1.165) is 22.3 Å². The molecule has 1 fully saturated rings. The maximum Gasteiger partial charge on any atom is 0.317 e. The summed E-state index contributed by atoms with van der Waals surface area (Å²) < 4.78 is 12.3. The van der Waals surface area contributed by atoms with Gasteiger partial charge in [0.1, 0.15) is 16.1 Å². The fraction of sp³-hybridized carbons (Fsp3) is 0.167. The summed E-state index contributed by atoms with van der Waals surface area (Å²) in [6, 6.07) is 17.2. The number of carbonyl (C=O) groups excluding carboxylic acids is 1. The van der Waals surface area contributed by atoms with Gasteiger partial charge in [-0.1, -0.05) is 24.3 Å². The van der Waals surface area contributed by atoms with E-state index in [-0.39, 0.29) is 23.6 Å². The molecule has 1 aromatic heterocycles. The van der Waals surface area contributed by atoms with Gasteiger partial charge in [-0.15, -0.1) is 0 Å². The number of phenols is 2. The molecule has 31 heavy (non-hydrogen) atoms. The average molecular weight is 480 g/mol. The summed E-state index contributed by atoms with van der Waals surface area (Å²) in [6.45, 7) is 0. The Bertz CT molecular complexity index is 1170. The van der Waals surface area contributed by atoms with Crippen LogP contribution in [0.25, 0.3) is 11.1 Å². The Labute approximate surface area is 186 Å². The molecule has 2 bridgehead atoms. The first kappa shape index (κ1) is 19.8. The van der Waals surface area contributed by atoms with Gasteiger partial charge in [-0.2, -0.15) is 0 Å². The normalized spacial score (nSPS) is 22.0. The average Bonchev–Trinajstić information content (AvgIpc) is 3.36. The molecule has 3 aromatic rings. The maximum atomic E-state index is 13.0. The number of esters is 1. The molecule has 0 radical (unpaired) electrons. The smallest absolute Gasteiger partial charge is 0.317 e. The van der Waals surface area contributed by atoms with Crippen molar-refractivity contribution >= 4 is 33.0 Å². The minimum absolute atomic E-state index is 0.164. The zero-order valence-electron chi connectivity index (χ0n) is 16.2. The Kier molecular flexibility index (Phi) is 5.00. The fourth-order valence-electron chi connectivity index (χ4n) is 4.26. The van der Waals surface area contributed by atoms with E-state index in [9.17, 15) is 15.0 Å². The van der Waals surface area contributed by atoms with Crippen LogP contribution in [0.5, 0.6) is 17.2 Å². The predicted octanol–water partition coefficient (Wildman–Crippen LogP) is 4.56. The summed E-state index contributed by atoms with van der Waals surface area (Å²) in [4.78, 5) is 17.1. The molecule has 5 rings (SSSR count). The van der Waals surface area contributed by atoms with Crippen LogP contribution < -0.4 is 4.74 Å². The van der Waals surface area contributed by atoms with E-state index in [1.165, 1.54) is 0 Å². The molecular formula is C24H18BrNO5. The van der Waals surface area contributed by atoms with Crippen molar-refractivity contribution < 1.29 is 24.5 Å². The Hall–Kier alpha value is -3.16. The minimum Gasteiger partial charge on any atom is -0.508 e. The van der Waals surface area contributed by atoms with Gasteiger partial charge in [-0.25, -0.2) is 4.98 Å². The van der Waals surface area contributed by atoms with Gasteiger partial charge in [0.05, 0.1) is 18.1 Å². The van der Waals surface area contributed by atoms with Crippen molar-refractivity contribution in [1.29, 1.82) is 0 Å². The number of fused-ring (bicyclic) bond motifs is 2. The monoisotopic (exact) mass is 479 g/mol. The number of aromatic hydroxyl groups is 2. The van der Waals surface area contributed by atoms with Crippen molar-refractivity contribution in [3.63, 3.8) is 0 Å². The number of hydrogen-bond donors (Lipinski definition) is 2. The summed E-state index contributed by atoms with van der Waals surface area (Å²) in [7, 11) is 0. The van der Waals surface area contributed by atoms with Crippen LogP contribution in [0, 0.1) is 5.92 Å². The number of ether oxygens (including phenoxy) is 2. The third kappa shape index (κ3) is 3.60. The highest BCUT2D eigenvalue weighted by Gasteiger charge is 2.51. The van der Waals surface area contributed by atoms with Crippen LogP contribution in [0.1, 0.15) is 17.5 Å². The Balaban J connectivity index is 1.53. The van der Waals surface area contributed by atoms with E-state index >= 15 is 0 Å². The van der Waals surface area contributed by atoms with Gasteiger partial charge in [0, 0.05) is 6.20 Å². The summed E-state index contributed by atoms with van der Waals surface area (Å²) in [5, 5.41) is 19.4. The van der Waals surface area contributed by atoms with Gasteiger partial charge >= 0.3 is 5.97 Å². The molecule has 0 spiro atoms. The first-order valence-electron chi connectivity index (χ1n) is 9.82. The van der Waals surface area contributed by atoms with Gasteiger partial charge in [0.25, 0.3) is 0 Å². The molecule has 3 atom stereocenters. The first-order valence-corrected chi connectivity index (χ1v) is 10.6. The van der Waals surface area contributed by atoms with Crippen molar-refractivity contribution in [2.45, 2.75) is 18.6 Å². The molecule has 0 amide bonds. The highest BCUT2D eigenvalue weighted by Crippen LogP contribution is 2.51. The Morgan fingerprint density at radius 3 is 2.19 bits per heavy atom. The van der Waals surface area contributed by atoms with E-state index in [0.29, 0.717) is 16.8 Å². The third-order valence-corrected chi connectivity index (χ3v) is 6.23. The van der Waals surface area contributed by atoms with Gasteiger partial charge in [-0.3, -0.25) is 4.79 Å². The van der Waals surface area contributed by atoms with Crippen molar-refractivity contribution in [2.24, 2.45) is 5.92 Å². The SMILES string of the molecule is O=C(Oc1cccnc1Br)C1CC2OC1C(c1ccc(O)cc1)=C2c1ccc(O)cc1. The van der Waals surface area contributed by atoms with Crippen LogP contribution in [0.15, 0.2) is 71.5 Å². The second-order valence-corrected chi connectivity index (χ2v) is 8.27. The fourth-order valence-corrected chi connectivity index (χ4v) is 4.59. The van der Waals surface area contributed by atoms with Crippen LogP contribution in [0.4, 0.5) is 0 Å². The zero-order chi connectivity index (χ0) is 21.5. The van der Waals surface area contributed by atoms with Crippen LogP contribution in [0.2, 0.25) is 0 Å². The number of aromatic nitrogens is 1. The van der Waals surface area contributed by atoms with E-state index in [4.69, 9.17) is 9.47 Å². The molecule has 0 aliphatic carbocycles. The molecule has 3 heterocycles. The number of nitrogens with zero attached hydrogens (tertiary/aromatic N) is 1. The highest BCUT2D eigenvalue weighted by atomic mass is 79.9. The van der Waals surface area contributed by atoms with Crippen molar-refractivity contribution in [3.8, 4) is 17.2 Å². The van der Waals surface area contributed by atoms with E-state index in [2.05, 4.69) is 20.9 Å². The number of rotatable bonds is 4. The van der Waals surface area contributed by atoms with E-state index in [1.54, 1.807) is 42.6 Å². The minimum atomic E-state index is -0.471. The third-order valence-electron chi connectivity index (χ3n) is 5.64. The van der Waals surface area contributed by atoms with E-state index < -0.39 is 12.0 Å². The number of halogens is 1. The number of phenolic OH excluding ortho intramolecular Hbond substituents is 2. The molecule has 7 heteroatoms. The summed E-state index contributed by atoms with van der Waals surface area (Å²) in [6.07, 6.45) is 1.37. The molecule has 2 aliphatic heterocycles. The Morgan fingerprint density at radius 2 is 1.58 bits per heavy atom. The van der Waals surface area contributed by atoms with Crippen molar-refractivity contribution in [1.82, 2.24) is 4.98 Å². The summed E-state index contributed by atoms with van der Waals surface area (Å²) >= 11 is 3.30. The van der Waals surface area contributed by atoms with Crippen molar-refractivity contribution in [3.05, 3.63) is 82.6 Å². The topological polar surface area (TPSA) is 88.9 Å². The van der Waals surface area contributed by atoms with Crippen LogP contribution >= 0.6 is 15.9 Å². The molecule has 156 valence electrons. The second-order valence-electron chi connectivity index (χ2n) is 7.52. The maximum absolute atomic E-state index is 13.0. The van der Waals surface area contributed by atoms with Gasteiger partial charge in [-0.05, 0) is 81.0 Å². The molecular weight excluding hydrogens is 462 g/mol. The quantitative estimate of drug-likeness (QED) is 0.421. The number of hydrogen-bond acceptors (Lipinski definition) is 6. The van der Waals surface area contributed by atoms with E-state index in [1.807, 2.05) is 24.3 Å². The largest absolute Gasteiger partial charge is 0.508 e. The molecule has 0 saturated carbocycles. The first-order chi connectivity index (χ1) is 15.0. The van der Waals surface area contributed by atoms with Gasteiger partial charge < -0.3 is 19.7 Å². The Morgan fingerprint density at radius 1 is 0.968 bits per heavy atom. The lowest BCUT2D eigenvalue weighted by Crippen LogP contribution is -2.30. The van der Waals surface area contributed by atoms with Gasteiger partial charge in [0.2, 0.25) is 0 Å². The molecule has 2 N–H and O–H groups in total. The molecule has 1 saturated heterocycles. The lowest BCUT2D eigenvalue weighted by molar-refractivity contribution is -0.139. The van der Waals surface area contributed by atoms with Gasteiger partial charge in [0.15, 0.2) is 5.75 Å². The zero-order valence-corrected chi connectivity index (χ0v) is 17.8. The highest BCUT2D eigenvalue weighted by molar-refractivity contribution is 9.10.